The van der Waals surface area contributed by atoms with E-state index < -0.39 is 5.97 Å². The number of piperidine rings is 1. The fourth-order valence-corrected chi connectivity index (χ4v) is 4.31. The number of carbonyl (C=O) groups is 2. The normalized spacial score (nSPS) is 24.5. The van der Waals surface area contributed by atoms with Gasteiger partial charge in [0.2, 0.25) is 5.91 Å². The van der Waals surface area contributed by atoms with Gasteiger partial charge in [-0.05, 0) is 50.9 Å². The number of hydrogen-bond donors (Lipinski definition) is 2. The summed E-state index contributed by atoms with van der Waals surface area (Å²) in [4.78, 5) is 28.2. The Bertz CT molecular complexity index is 665. The number of carboxylic acid groups (broad SMARTS) is 1. The number of aliphatic carboxylic acids is 1. The van der Waals surface area contributed by atoms with Crippen molar-refractivity contribution in [1.82, 2.24) is 15.1 Å². The van der Waals surface area contributed by atoms with Gasteiger partial charge in [-0.1, -0.05) is 44.2 Å². The lowest BCUT2D eigenvalue weighted by molar-refractivity contribution is -0.140. The van der Waals surface area contributed by atoms with Crippen LogP contribution in [0.1, 0.15) is 45.1 Å². The lowest BCUT2D eigenvalue weighted by atomic mass is 9.78. The summed E-state index contributed by atoms with van der Waals surface area (Å²) in [6.07, 6.45) is 3.45. The summed E-state index contributed by atoms with van der Waals surface area (Å²) in [5, 5.41) is 12.2. The molecule has 1 aliphatic heterocycles. The van der Waals surface area contributed by atoms with E-state index in [9.17, 15) is 9.59 Å². The second kappa shape index (κ2) is 9.05. The Labute approximate surface area is 167 Å². The van der Waals surface area contributed by atoms with Crippen molar-refractivity contribution in [3.05, 3.63) is 35.9 Å². The first-order valence-corrected chi connectivity index (χ1v) is 10.4. The van der Waals surface area contributed by atoms with E-state index in [4.69, 9.17) is 5.11 Å². The fraction of sp³-hybridized carbons (Fsp3) is 0.636. The minimum absolute atomic E-state index is 0.0802. The number of likely N-dealkylation sites (tertiary alicyclic amines) is 1. The van der Waals surface area contributed by atoms with Gasteiger partial charge in [-0.3, -0.25) is 19.4 Å². The van der Waals surface area contributed by atoms with Crippen LogP contribution >= 0.6 is 0 Å². The molecule has 1 saturated heterocycles. The lowest BCUT2D eigenvalue weighted by Gasteiger charge is -2.44. The highest BCUT2D eigenvalue weighted by atomic mass is 16.4. The van der Waals surface area contributed by atoms with Crippen LogP contribution in [0.25, 0.3) is 0 Å². The Morgan fingerprint density at radius 2 is 1.86 bits per heavy atom. The largest absolute Gasteiger partial charge is 0.480 e. The van der Waals surface area contributed by atoms with Gasteiger partial charge in [0, 0.05) is 24.0 Å². The zero-order valence-corrected chi connectivity index (χ0v) is 17.1. The maximum Gasteiger partial charge on any atom is 0.317 e. The topological polar surface area (TPSA) is 72.9 Å². The van der Waals surface area contributed by atoms with E-state index >= 15 is 0 Å². The molecular weight excluding hydrogens is 354 g/mol. The lowest BCUT2D eigenvalue weighted by Crippen LogP contribution is -2.57. The molecule has 2 fully saturated rings. The predicted octanol–water partition coefficient (Wildman–Crippen LogP) is 2.34. The molecule has 6 heteroatoms. The first-order valence-electron chi connectivity index (χ1n) is 10.4. The quantitative estimate of drug-likeness (QED) is 0.716. The molecule has 1 heterocycles. The zero-order valence-electron chi connectivity index (χ0n) is 17.1. The highest BCUT2D eigenvalue weighted by Gasteiger charge is 2.41. The van der Waals surface area contributed by atoms with Crippen LogP contribution in [-0.2, 0) is 16.1 Å². The molecule has 1 aromatic rings. The van der Waals surface area contributed by atoms with Crippen LogP contribution in [0.2, 0.25) is 0 Å². The molecule has 1 amide bonds. The third kappa shape index (κ3) is 5.11. The second-order valence-corrected chi connectivity index (χ2v) is 8.57. The van der Waals surface area contributed by atoms with Crippen LogP contribution in [0, 0.1) is 5.41 Å². The van der Waals surface area contributed by atoms with Crippen molar-refractivity contribution in [1.29, 1.82) is 0 Å². The van der Waals surface area contributed by atoms with Crippen molar-refractivity contribution in [3.63, 3.8) is 0 Å². The molecule has 154 valence electrons. The monoisotopic (exact) mass is 387 g/mol. The highest BCUT2D eigenvalue weighted by Crippen LogP contribution is 2.33. The molecule has 0 bridgehead atoms. The van der Waals surface area contributed by atoms with Crippen LogP contribution in [0.3, 0.4) is 0 Å². The van der Waals surface area contributed by atoms with Gasteiger partial charge in [0.05, 0.1) is 6.54 Å². The van der Waals surface area contributed by atoms with E-state index in [1.807, 2.05) is 17.9 Å². The van der Waals surface area contributed by atoms with E-state index in [1.165, 1.54) is 5.56 Å². The van der Waals surface area contributed by atoms with Crippen LogP contribution in [0.15, 0.2) is 30.3 Å². The first-order chi connectivity index (χ1) is 13.4. The summed E-state index contributed by atoms with van der Waals surface area (Å²) < 4.78 is 0. The summed E-state index contributed by atoms with van der Waals surface area (Å²) >= 11 is 0. The minimum Gasteiger partial charge on any atom is -0.480 e. The molecule has 6 nitrogen and oxygen atoms in total. The molecule has 0 atom stereocenters. The molecular formula is C22H33N3O3. The molecule has 1 saturated carbocycles. The SMILES string of the molecule is CCN(CC(=O)O)C1CC(NC(=O)C2(C)CCN(Cc3ccccc3)CC2)C1. The number of rotatable bonds is 8. The molecule has 0 unspecified atom stereocenters. The molecule has 2 N–H and O–H groups in total. The van der Waals surface area contributed by atoms with Crippen LogP contribution in [0.4, 0.5) is 0 Å². The maximum absolute atomic E-state index is 12.9. The Kier molecular flexibility index (Phi) is 6.73. The number of carbonyl (C=O) groups excluding carboxylic acids is 1. The number of hydrogen-bond acceptors (Lipinski definition) is 4. The Hall–Kier alpha value is -1.92. The molecule has 2 aliphatic rings. The van der Waals surface area contributed by atoms with Gasteiger partial charge in [-0.15, -0.1) is 0 Å². The van der Waals surface area contributed by atoms with Crippen molar-refractivity contribution in [2.24, 2.45) is 5.41 Å². The van der Waals surface area contributed by atoms with Crippen molar-refractivity contribution in [2.75, 3.05) is 26.2 Å². The third-order valence-corrected chi connectivity index (χ3v) is 6.47. The van der Waals surface area contributed by atoms with E-state index in [2.05, 4.69) is 41.4 Å². The van der Waals surface area contributed by atoms with Gasteiger partial charge < -0.3 is 10.4 Å². The molecule has 0 spiro atoms. The molecule has 0 aromatic heterocycles. The first kappa shape index (κ1) is 20.8. The van der Waals surface area contributed by atoms with Gasteiger partial charge in [0.1, 0.15) is 0 Å². The molecule has 3 rings (SSSR count). The molecule has 1 aliphatic carbocycles. The van der Waals surface area contributed by atoms with Gasteiger partial charge in [-0.2, -0.15) is 0 Å². The van der Waals surface area contributed by atoms with Crippen LogP contribution in [0.5, 0.6) is 0 Å². The van der Waals surface area contributed by atoms with Crippen LogP contribution in [-0.4, -0.2) is 65.0 Å². The van der Waals surface area contributed by atoms with Crippen molar-refractivity contribution in [2.45, 2.75) is 58.2 Å². The van der Waals surface area contributed by atoms with E-state index in [0.29, 0.717) is 0 Å². The smallest absolute Gasteiger partial charge is 0.317 e. The van der Waals surface area contributed by atoms with Gasteiger partial charge in [0.15, 0.2) is 0 Å². The summed E-state index contributed by atoms with van der Waals surface area (Å²) in [6.45, 7) is 7.70. The Morgan fingerprint density at radius 3 is 2.43 bits per heavy atom. The molecule has 1 aromatic carbocycles. The zero-order chi connectivity index (χ0) is 20.1. The minimum atomic E-state index is -0.788. The van der Waals surface area contributed by atoms with E-state index in [0.717, 1.165) is 51.9 Å². The van der Waals surface area contributed by atoms with Gasteiger partial charge in [-0.25, -0.2) is 0 Å². The summed E-state index contributed by atoms with van der Waals surface area (Å²) in [7, 11) is 0. The maximum atomic E-state index is 12.9. The number of likely N-dealkylation sites (N-methyl/N-ethyl adjacent to an activating group) is 1. The number of amides is 1. The van der Waals surface area contributed by atoms with Crippen molar-refractivity contribution < 1.29 is 14.7 Å². The molecule has 0 radical (unpaired) electrons. The van der Waals surface area contributed by atoms with Crippen LogP contribution < -0.4 is 5.32 Å². The van der Waals surface area contributed by atoms with Gasteiger partial charge in [0.25, 0.3) is 0 Å². The van der Waals surface area contributed by atoms with E-state index in [1.54, 1.807) is 0 Å². The summed E-state index contributed by atoms with van der Waals surface area (Å²) in [6, 6.07) is 10.9. The van der Waals surface area contributed by atoms with Crippen molar-refractivity contribution >= 4 is 11.9 Å². The standard InChI is InChI=1S/C22H33N3O3/c1-3-25(16-20(26)27)19-13-18(14-19)23-21(28)22(2)9-11-24(12-10-22)15-17-7-5-4-6-8-17/h4-8,18-19H,3,9-16H2,1-2H3,(H,23,28)(H,26,27). The summed E-state index contributed by atoms with van der Waals surface area (Å²) in [5.41, 5.74) is 1.02. The number of carboxylic acids is 1. The third-order valence-electron chi connectivity index (χ3n) is 6.47. The fourth-order valence-electron chi connectivity index (χ4n) is 4.31. The predicted molar refractivity (Wildman–Crippen MR) is 109 cm³/mol. The highest BCUT2D eigenvalue weighted by molar-refractivity contribution is 5.82. The number of nitrogens with zero attached hydrogens (tertiary/aromatic N) is 2. The average Bonchev–Trinajstić information content (AvgIpc) is 2.65. The van der Waals surface area contributed by atoms with Crippen molar-refractivity contribution in [3.8, 4) is 0 Å². The summed E-state index contributed by atoms with van der Waals surface area (Å²) in [5.74, 6) is -0.624. The van der Waals surface area contributed by atoms with E-state index in [-0.39, 0.29) is 30.0 Å². The Morgan fingerprint density at radius 1 is 1.21 bits per heavy atom. The molecule has 28 heavy (non-hydrogen) atoms. The number of nitrogens with one attached hydrogen (secondary N) is 1. The van der Waals surface area contributed by atoms with Gasteiger partial charge >= 0.3 is 5.97 Å². The second-order valence-electron chi connectivity index (χ2n) is 8.57. The Balaban J connectivity index is 1.42. The number of benzene rings is 1. The average molecular weight is 388 g/mol.